The molecule has 1 aromatic heterocycles. The third kappa shape index (κ3) is 2.41. The molecule has 1 amide bonds. The average molecular weight is 268 g/mol. The fourth-order valence-electron chi connectivity index (χ4n) is 2.38. The van der Waals surface area contributed by atoms with E-state index in [4.69, 9.17) is 5.26 Å². The minimum absolute atomic E-state index is 0.222. The Hall–Kier alpha value is -2.61. The van der Waals surface area contributed by atoms with Crippen molar-refractivity contribution in [1.82, 2.24) is 9.78 Å². The number of nitriles is 1. The van der Waals surface area contributed by atoms with Crippen molar-refractivity contribution in [2.45, 2.75) is 20.8 Å². The quantitative estimate of drug-likeness (QED) is 0.909. The van der Waals surface area contributed by atoms with Gasteiger partial charge in [-0.05, 0) is 31.9 Å². The minimum Gasteiger partial charge on any atom is -0.306 e. The number of rotatable bonds is 2. The lowest BCUT2D eigenvalue weighted by molar-refractivity contribution is 0.102. The van der Waals surface area contributed by atoms with Crippen molar-refractivity contribution in [1.29, 1.82) is 5.26 Å². The SMILES string of the molecule is Cc1cc(C)c(C(=O)Nc2c(C#N)cnn2C)c(C)c1. The van der Waals surface area contributed by atoms with Crippen LogP contribution in [0.4, 0.5) is 5.82 Å². The molecule has 0 saturated heterocycles. The van der Waals surface area contributed by atoms with Gasteiger partial charge in [-0.2, -0.15) is 10.4 Å². The van der Waals surface area contributed by atoms with Crippen LogP contribution in [0.1, 0.15) is 32.6 Å². The molecule has 0 fully saturated rings. The molecule has 0 radical (unpaired) electrons. The van der Waals surface area contributed by atoms with E-state index < -0.39 is 0 Å². The Morgan fingerprint density at radius 2 is 1.90 bits per heavy atom. The molecule has 1 N–H and O–H groups in total. The van der Waals surface area contributed by atoms with Crippen LogP contribution in [0.25, 0.3) is 0 Å². The van der Waals surface area contributed by atoms with Crippen LogP contribution in [-0.4, -0.2) is 15.7 Å². The molecule has 0 aliphatic rings. The van der Waals surface area contributed by atoms with E-state index in [0.717, 1.165) is 16.7 Å². The van der Waals surface area contributed by atoms with Crippen LogP contribution < -0.4 is 5.32 Å². The summed E-state index contributed by atoms with van der Waals surface area (Å²) >= 11 is 0. The zero-order valence-electron chi connectivity index (χ0n) is 12.0. The molecular formula is C15H16N4O. The summed E-state index contributed by atoms with van der Waals surface area (Å²) < 4.78 is 1.48. The van der Waals surface area contributed by atoms with E-state index in [9.17, 15) is 4.79 Å². The van der Waals surface area contributed by atoms with Gasteiger partial charge in [-0.25, -0.2) is 0 Å². The molecule has 2 aromatic rings. The van der Waals surface area contributed by atoms with Crippen LogP contribution in [0.2, 0.25) is 0 Å². The first-order valence-electron chi connectivity index (χ1n) is 6.25. The molecular weight excluding hydrogens is 252 g/mol. The highest BCUT2D eigenvalue weighted by Gasteiger charge is 2.16. The maximum Gasteiger partial charge on any atom is 0.257 e. The third-order valence-electron chi connectivity index (χ3n) is 3.20. The van der Waals surface area contributed by atoms with Crippen molar-refractivity contribution in [2.24, 2.45) is 7.05 Å². The number of carbonyl (C=O) groups is 1. The van der Waals surface area contributed by atoms with Gasteiger partial charge in [0, 0.05) is 12.6 Å². The second-order valence-electron chi connectivity index (χ2n) is 4.87. The first-order chi connectivity index (χ1) is 9.43. The highest BCUT2D eigenvalue weighted by atomic mass is 16.1. The molecule has 0 bridgehead atoms. The summed E-state index contributed by atoms with van der Waals surface area (Å²) in [5, 5.41) is 15.7. The summed E-state index contributed by atoms with van der Waals surface area (Å²) in [7, 11) is 1.69. The van der Waals surface area contributed by atoms with E-state index in [0.29, 0.717) is 16.9 Å². The number of carbonyl (C=O) groups excluding carboxylic acids is 1. The lowest BCUT2D eigenvalue weighted by Crippen LogP contribution is -2.18. The number of aromatic nitrogens is 2. The molecule has 0 aliphatic heterocycles. The number of nitrogens with one attached hydrogen (secondary N) is 1. The summed E-state index contributed by atoms with van der Waals surface area (Å²) in [6, 6.07) is 5.95. The number of aryl methyl sites for hydroxylation is 4. The van der Waals surface area contributed by atoms with Gasteiger partial charge in [-0.3, -0.25) is 9.48 Å². The summed E-state index contributed by atoms with van der Waals surface area (Å²) in [6.45, 7) is 5.81. The molecule has 0 aliphatic carbocycles. The molecule has 1 aromatic carbocycles. The van der Waals surface area contributed by atoms with Crippen molar-refractivity contribution in [3.8, 4) is 6.07 Å². The average Bonchev–Trinajstić information content (AvgIpc) is 2.69. The molecule has 1 heterocycles. The predicted octanol–water partition coefficient (Wildman–Crippen LogP) is 2.47. The maximum absolute atomic E-state index is 12.4. The van der Waals surface area contributed by atoms with Crippen LogP contribution in [0.15, 0.2) is 18.3 Å². The highest BCUT2D eigenvalue weighted by Crippen LogP contribution is 2.19. The largest absolute Gasteiger partial charge is 0.306 e. The number of hydrogen-bond acceptors (Lipinski definition) is 3. The van der Waals surface area contributed by atoms with Crippen LogP contribution >= 0.6 is 0 Å². The van der Waals surface area contributed by atoms with Crippen LogP contribution in [0.3, 0.4) is 0 Å². The summed E-state index contributed by atoms with van der Waals surface area (Å²) in [5.74, 6) is 0.192. The Morgan fingerprint density at radius 1 is 1.30 bits per heavy atom. The predicted molar refractivity (Wildman–Crippen MR) is 76.5 cm³/mol. The third-order valence-corrected chi connectivity index (χ3v) is 3.20. The molecule has 5 nitrogen and oxygen atoms in total. The van der Waals surface area contributed by atoms with E-state index in [2.05, 4.69) is 10.4 Å². The van der Waals surface area contributed by atoms with Gasteiger partial charge in [0.25, 0.3) is 5.91 Å². The fourth-order valence-corrected chi connectivity index (χ4v) is 2.38. The Balaban J connectivity index is 2.39. The fraction of sp³-hybridized carbons (Fsp3) is 0.267. The van der Waals surface area contributed by atoms with Crippen LogP contribution in [0, 0.1) is 32.1 Å². The van der Waals surface area contributed by atoms with Gasteiger partial charge >= 0.3 is 0 Å². The Morgan fingerprint density at radius 3 is 2.45 bits per heavy atom. The molecule has 0 atom stereocenters. The zero-order valence-corrected chi connectivity index (χ0v) is 12.0. The normalized spacial score (nSPS) is 10.2. The zero-order chi connectivity index (χ0) is 14.9. The van der Waals surface area contributed by atoms with Gasteiger partial charge < -0.3 is 5.32 Å². The van der Waals surface area contributed by atoms with Gasteiger partial charge in [0.2, 0.25) is 0 Å². The molecule has 5 heteroatoms. The van der Waals surface area contributed by atoms with E-state index in [-0.39, 0.29) is 5.91 Å². The van der Waals surface area contributed by atoms with E-state index in [1.165, 1.54) is 10.9 Å². The first kappa shape index (κ1) is 13.8. The Labute approximate surface area is 117 Å². The number of hydrogen-bond donors (Lipinski definition) is 1. The van der Waals surface area contributed by atoms with Gasteiger partial charge in [-0.15, -0.1) is 0 Å². The number of benzene rings is 1. The summed E-state index contributed by atoms with van der Waals surface area (Å²) in [5.41, 5.74) is 3.94. The van der Waals surface area contributed by atoms with E-state index in [1.54, 1.807) is 7.05 Å². The molecule has 0 saturated carbocycles. The monoisotopic (exact) mass is 268 g/mol. The van der Waals surface area contributed by atoms with E-state index >= 15 is 0 Å². The number of amides is 1. The number of nitrogens with zero attached hydrogens (tertiary/aromatic N) is 3. The second kappa shape index (κ2) is 5.17. The lowest BCUT2D eigenvalue weighted by Gasteiger charge is -2.12. The first-order valence-corrected chi connectivity index (χ1v) is 6.25. The van der Waals surface area contributed by atoms with Gasteiger partial charge in [0.1, 0.15) is 17.5 Å². The molecule has 2 rings (SSSR count). The van der Waals surface area contributed by atoms with Gasteiger partial charge in [0.15, 0.2) is 0 Å². The molecule has 20 heavy (non-hydrogen) atoms. The van der Waals surface area contributed by atoms with Crippen molar-refractivity contribution >= 4 is 11.7 Å². The smallest absolute Gasteiger partial charge is 0.257 e. The van der Waals surface area contributed by atoms with Gasteiger partial charge in [0.05, 0.1) is 6.20 Å². The van der Waals surface area contributed by atoms with Crippen LogP contribution in [-0.2, 0) is 7.05 Å². The van der Waals surface area contributed by atoms with Crippen LogP contribution in [0.5, 0.6) is 0 Å². The minimum atomic E-state index is -0.222. The lowest BCUT2D eigenvalue weighted by atomic mass is 9.99. The van der Waals surface area contributed by atoms with Crippen molar-refractivity contribution in [2.75, 3.05) is 5.32 Å². The Bertz CT molecular complexity index is 699. The molecule has 102 valence electrons. The highest BCUT2D eigenvalue weighted by molar-refractivity contribution is 6.06. The van der Waals surface area contributed by atoms with Crippen molar-refractivity contribution in [3.05, 3.63) is 46.1 Å². The topological polar surface area (TPSA) is 70.7 Å². The Kier molecular flexibility index (Phi) is 3.57. The molecule has 0 spiro atoms. The standard InChI is InChI=1S/C15H16N4O/c1-9-5-10(2)13(11(3)6-9)15(20)18-14-12(7-16)8-17-19(14)4/h5-6,8H,1-4H3,(H,18,20). The maximum atomic E-state index is 12.4. The van der Waals surface area contributed by atoms with Crippen molar-refractivity contribution < 1.29 is 4.79 Å². The molecule has 0 unspecified atom stereocenters. The van der Waals surface area contributed by atoms with Crippen molar-refractivity contribution in [3.63, 3.8) is 0 Å². The summed E-state index contributed by atoms with van der Waals surface area (Å²) in [4.78, 5) is 12.4. The number of anilines is 1. The second-order valence-corrected chi connectivity index (χ2v) is 4.87. The van der Waals surface area contributed by atoms with Gasteiger partial charge in [-0.1, -0.05) is 17.7 Å². The van der Waals surface area contributed by atoms with E-state index in [1.807, 2.05) is 39.0 Å². The summed E-state index contributed by atoms with van der Waals surface area (Å²) in [6.07, 6.45) is 1.43.